The van der Waals surface area contributed by atoms with Crippen LogP contribution in [0.5, 0.6) is 0 Å². The zero-order valence-corrected chi connectivity index (χ0v) is 10.2. The molecule has 1 unspecified atom stereocenters. The van der Waals surface area contributed by atoms with Gasteiger partial charge in [0.05, 0.1) is 19.6 Å². The van der Waals surface area contributed by atoms with Crippen LogP contribution in [0.3, 0.4) is 0 Å². The molecule has 0 aromatic carbocycles. The molecule has 1 heterocycles. The summed E-state index contributed by atoms with van der Waals surface area (Å²) in [5.41, 5.74) is 0. The molecule has 0 radical (unpaired) electrons. The second-order valence-electron chi connectivity index (χ2n) is 2.81. The van der Waals surface area contributed by atoms with E-state index in [-0.39, 0.29) is 25.5 Å². The lowest BCUT2D eigenvalue weighted by Gasteiger charge is -2.41. The Kier molecular flexibility index (Phi) is 3.84. The van der Waals surface area contributed by atoms with E-state index in [0.29, 0.717) is 4.67 Å². The molecule has 2 atom stereocenters. The lowest BCUT2D eigenvalue weighted by molar-refractivity contribution is -0.218. The monoisotopic (exact) mass is 280 g/mol. The van der Waals surface area contributed by atoms with Crippen LogP contribution in [0.15, 0.2) is 0 Å². The molecule has 90 valence electrons. The molecule has 8 heteroatoms. The quantitative estimate of drug-likeness (QED) is 0.554. The Morgan fingerprint density at radius 2 is 2.47 bits per heavy atom. The maximum atomic E-state index is 12.5. The topological polar surface area (TPSA) is 67.8 Å². The normalized spacial score (nSPS) is 38.1. The van der Waals surface area contributed by atoms with E-state index in [0.717, 1.165) is 0 Å². The van der Waals surface area contributed by atoms with Gasteiger partial charge in [-0.3, -0.25) is 0 Å². The number of alkyl halides is 2. The van der Waals surface area contributed by atoms with Gasteiger partial charge in [0.2, 0.25) is 0 Å². The van der Waals surface area contributed by atoms with E-state index in [2.05, 4.69) is 5.09 Å². The third-order valence-corrected chi connectivity index (χ3v) is 4.10. The van der Waals surface area contributed by atoms with Crippen molar-refractivity contribution in [2.24, 2.45) is 0 Å². The summed E-state index contributed by atoms with van der Waals surface area (Å²) in [6.07, 6.45) is -0.940. The lowest BCUT2D eigenvalue weighted by atomic mass is 10.4. The van der Waals surface area contributed by atoms with Gasteiger partial charge in [-0.2, -0.15) is 0 Å². The predicted molar refractivity (Wildman–Crippen MR) is 59.6 cm³/mol. The zero-order valence-electron chi connectivity index (χ0n) is 11.8. The fourth-order valence-corrected chi connectivity index (χ4v) is 3.30. The largest absolute Gasteiger partial charge is 0.626 e. The fourth-order valence-electron chi connectivity index (χ4n) is 1.10. The van der Waals surface area contributed by atoms with Crippen molar-refractivity contribution in [3.63, 3.8) is 0 Å². The molecule has 1 rings (SSSR count). The Morgan fingerprint density at radius 1 is 1.73 bits per heavy atom. The van der Waals surface area contributed by atoms with Gasteiger partial charge in [-0.25, -0.2) is 4.52 Å². The molecule has 1 fully saturated rings. The Balaban J connectivity index is 3.06. The second-order valence-corrected chi connectivity index (χ2v) is 5.41. The highest BCUT2D eigenvalue weighted by Crippen LogP contribution is 2.52. The molecular weight excluding hydrogens is 262 g/mol. The molecule has 0 bridgehead atoms. The van der Waals surface area contributed by atoms with Crippen LogP contribution in [0.4, 0.5) is 0 Å². The molecule has 0 amide bonds. The lowest BCUT2D eigenvalue weighted by Crippen LogP contribution is -2.49. The van der Waals surface area contributed by atoms with E-state index in [1.165, 1.54) is 0 Å². The van der Waals surface area contributed by atoms with Crippen LogP contribution in [-0.4, -0.2) is 47.4 Å². The summed E-state index contributed by atoms with van der Waals surface area (Å²) in [5.74, 6) is -2.93. The van der Waals surface area contributed by atoms with Crippen molar-refractivity contribution in [1.82, 2.24) is 9.76 Å². The summed E-state index contributed by atoms with van der Waals surface area (Å²) >= 11 is 10.9. The Morgan fingerprint density at radius 3 is 3.00 bits per heavy atom. The van der Waals surface area contributed by atoms with Gasteiger partial charge in [-0.15, -0.1) is 33.0 Å². The summed E-state index contributed by atoms with van der Waals surface area (Å²) in [6.45, 7) is -3.12. The molecule has 1 aliphatic heterocycles. The van der Waals surface area contributed by atoms with Crippen molar-refractivity contribution in [3.8, 4) is 0 Å². The van der Waals surface area contributed by atoms with Crippen LogP contribution in [0.1, 0.15) is 11.9 Å². The summed E-state index contributed by atoms with van der Waals surface area (Å²) < 4.78 is 35.7. The first-order valence-electron chi connectivity index (χ1n) is 6.28. The number of aliphatic hydroxyl groups excluding tert-OH is 1. The van der Waals surface area contributed by atoms with Crippen molar-refractivity contribution in [2.45, 2.75) is 12.6 Å². The summed E-state index contributed by atoms with van der Waals surface area (Å²) in [6, 6.07) is 0. The number of nitrogens with zero attached hydrogens (tertiary/aromatic N) is 1. The number of hydrogen-bond donors (Lipinski definition) is 2. The van der Waals surface area contributed by atoms with Gasteiger partial charge in [0.1, 0.15) is 6.23 Å². The number of hydrogen-bond acceptors (Lipinski definition) is 5. The van der Waals surface area contributed by atoms with E-state index in [4.69, 9.17) is 33.2 Å². The van der Waals surface area contributed by atoms with Gasteiger partial charge in [0.25, 0.3) is 8.02 Å². The van der Waals surface area contributed by atoms with Gasteiger partial charge >= 0.3 is 0 Å². The molecular formula is C7H15Cl2N2O3P. The fraction of sp³-hybridized carbons (Fsp3) is 1.00. The standard InChI is InChI=1S/C7H15Cl2N2O3P/c8-2-4-11(5-3-9)15(13)10-7(12)1-6-14-15/h7,12H,1-6H2,(H,10,13)/t7-,15?/m0/s1/i2D2,4D2. The first-order valence-corrected chi connectivity index (χ1v) is 6.77. The van der Waals surface area contributed by atoms with Gasteiger partial charge < -0.3 is 10.00 Å². The average Bonchev–Trinajstić information content (AvgIpc) is 2.23. The van der Waals surface area contributed by atoms with Crippen molar-refractivity contribution in [3.05, 3.63) is 0 Å². The molecule has 1 aliphatic rings. The van der Waals surface area contributed by atoms with Gasteiger partial charge in [-0.1, -0.05) is 0 Å². The molecule has 1 saturated heterocycles. The van der Waals surface area contributed by atoms with Crippen molar-refractivity contribution >= 4 is 31.2 Å². The van der Waals surface area contributed by atoms with Crippen LogP contribution >= 0.6 is 31.2 Å². The van der Waals surface area contributed by atoms with Gasteiger partial charge in [0.15, 0.2) is 0 Å². The van der Waals surface area contributed by atoms with Crippen LogP contribution in [0.25, 0.3) is 0 Å². The molecule has 0 spiro atoms. The third kappa shape index (κ3) is 3.95. The minimum absolute atomic E-state index is 0.0500. The third-order valence-electron chi connectivity index (χ3n) is 1.76. The summed E-state index contributed by atoms with van der Waals surface area (Å²) in [7, 11) is -3.96. The van der Waals surface area contributed by atoms with Crippen molar-refractivity contribution in [1.29, 1.82) is 0 Å². The van der Waals surface area contributed by atoms with Crippen LogP contribution in [0, 0.1) is 0 Å². The molecule has 0 aromatic rings. The smallest absolute Gasteiger partial charge is 0.252 e. The minimum Gasteiger partial charge on any atom is -0.626 e. The van der Waals surface area contributed by atoms with Crippen LogP contribution < -0.4 is 9.98 Å². The molecule has 0 aliphatic carbocycles. The molecule has 15 heavy (non-hydrogen) atoms. The highest BCUT2D eigenvalue weighted by atomic mass is 35.5. The summed E-state index contributed by atoms with van der Waals surface area (Å²) in [4.78, 5) is 12.5. The number of halogens is 2. The van der Waals surface area contributed by atoms with E-state index < -0.39 is 26.6 Å². The first-order chi connectivity index (χ1) is 8.54. The zero-order chi connectivity index (χ0) is 14.9. The molecule has 5 nitrogen and oxygen atoms in total. The van der Waals surface area contributed by atoms with Crippen LogP contribution in [0.2, 0.25) is 0 Å². The van der Waals surface area contributed by atoms with E-state index in [9.17, 15) is 10.00 Å². The number of rotatable bonds is 5. The maximum absolute atomic E-state index is 12.5. The molecule has 0 saturated carbocycles. The number of aliphatic hydroxyl groups is 1. The number of nitrogens with one attached hydrogen (secondary N) is 1. The van der Waals surface area contributed by atoms with Gasteiger partial charge in [-0.05, 0) is 0 Å². The van der Waals surface area contributed by atoms with Crippen molar-refractivity contribution in [2.75, 3.05) is 31.4 Å². The predicted octanol–water partition coefficient (Wildman–Crippen LogP) is 0.132. The van der Waals surface area contributed by atoms with Crippen LogP contribution in [-0.2, 0) is 4.52 Å². The first kappa shape index (κ1) is 8.84. The van der Waals surface area contributed by atoms with E-state index in [1.807, 2.05) is 0 Å². The Bertz CT molecular complexity index is 325. The Hall–Kier alpha value is 0.810. The van der Waals surface area contributed by atoms with Crippen molar-refractivity contribution < 1.29 is 20.0 Å². The maximum Gasteiger partial charge on any atom is 0.252 e. The van der Waals surface area contributed by atoms with Gasteiger partial charge in [0, 0.05) is 23.6 Å². The van der Waals surface area contributed by atoms with E-state index >= 15 is 0 Å². The SMILES string of the molecule is [2H]C([2H])(Cl)C([2H])([2H])N(CCCl)[P+]1([O-])N[C@@H](O)CCO1. The van der Waals surface area contributed by atoms with E-state index in [1.54, 1.807) is 0 Å². The highest BCUT2D eigenvalue weighted by Gasteiger charge is 2.41. The highest BCUT2D eigenvalue weighted by molar-refractivity contribution is 7.59. The summed E-state index contributed by atoms with van der Waals surface area (Å²) in [5, 5.41) is 11.7. The second kappa shape index (κ2) is 6.52. The molecule has 2 N–H and O–H groups in total. The average molecular weight is 281 g/mol. The Labute approximate surface area is 106 Å². The minimum atomic E-state index is -3.96. The molecule has 0 aromatic heterocycles.